The van der Waals surface area contributed by atoms with Crippen LogP contribution in [0.15, 0.2) is 24.3 Å². The van der Waals surface area contributed by atoms with Crippen molar-refractivity contribution in [1.82, 2.24) is 5.32 Å². The van der Waals surface area contributed by atoms with Crippen LogP contribution in [0.1, 0.15) is 31.2 Å². The molecule has 1 aliphatic carbocycles. The van der Waals surface area contributed by atoms with Crippen molar-refractivity contribution in [2.75, 3.05) is 13.2 Å². The van der Waals surface area contributed by atoms with Crippen molar-refractivity contribution < 1.29 is 14.9 Å². The summed E-state index contributed by atoms with van der Waals surface area (Å²) in [5.41, 5.74) is 1.04. The van der Waals surface area contributed by atoms with Gasteiger partial charge in [0.1, 0.15) is 0 Å². The molecule has 21 heavy (non-hydrogen) atoms. The average molecular weight is 314 g/mol. The molecule has 1 aromatic rings. The first-order valence-corrected chi connectivity index (χ1v) is 7.93. The minimum Gasteiger partial charge on any atom is -0.393 e. The van der Waals surface area contributed by atoms with Crippen LogP contribution in [0.2, 0.25) is 5.02 Å². The second kappa shape index (κ2) is 8.71. The highest BCUT2D eigenvalue weighted by molar-refractivity contribution is 6.30. The number of rotatable bonds is 7. The molecule has 1 atom stereocenters. The number of aliphatic hydroxyl groups excluding tert-OH is 2. The van der Waals surface area contributed by atoms with E-state index in [1.807, 2.05) is 24.3 Å². The van der Waals surface area contributed by atoms with E-state index in [0.29, 0.717) is 30.8 Å². The van der Waals surface area contributed by atoms with E-state index >= 15 is 0 Å². The van der Waals surface area contributed by atoms with Crippen molar-refractivity contribution in [3.63, 3.8) is 0 Å². The van der Waals surface area contributed by atoms with Gasteiger partial charge in [-0.3, -0.25) is 0 Å². The molecule has 3 N–H and O–H groups in total. The quantitative estimate of drug-likeness (QED) is 0.721. The molecule has 0 radical (unpaired) electrons. The second-order valence-electron chi connectivity index (χ2n) is 5.71. The fourth-order valence-electron chi connectivity index (χ4n) is 2.54. The Morgan fingerprint density at radius 2 is 1.86 bits per heavy atom. The highest BCUT2D eigenvalue weighted by Gasteiger charge is 2.19. The van der Waals surface area contributed by atoms with Gasteiger partial charge in [-0.1, -0.05) is 23.7 Å². The maximum atomic E-state index is 9.90. The van der Waals surface area contributed by atoms with Gasteiger partial charge in [0, 0.05) is 17.6 Å². The van der Waals surface area contributed by atoms with Gasteiger partial charge in [0.2, 0.25) is 0 Å². The summed E-state index contributed by atoms with van der Waals surface area (Å²) in [5.74, 6) is 0. The summed E-state index contributed by atoms with van der Waals surface area (Å²) in [7, 11) is 0. The standard InChI is InChI=1S/C16H24ClNO3/c17-13-3-1-12(2-4-13)10-21-11-16(20)9-18-14-5-7-15(19)8-6-14/h1-4,14-16,18-20H,5-11H2. The largest absolute Gasteiger partial charge is 0.393 e. The first kappa shape index (κ1) is 16.7. The molecule has 1 aromatic carbocycles. The van der Waals surface area contributed by atoms with E-state index in [-0.39, 0.29) is 6.10 Å². The third-order valence-corrected chi connectivity index (χ3v) is 4.08. The molecule has 0 spiro atoms. The van der Waals surface area contributed by atoms with E-state index in [9.17, 15) is 10.2 Å². The highest BCUT2D eigenvalue weighted by atomic mass is 35.5. The molecule has 0 aliphatic heterocycles. The van der Waals surface area contributed by atoms with E-state index < -0.39 is 6.10 Å². The number of nitrogens with one attached hydrogen (secondary N) is 1. The van der Waals surface area contributed by atoms with Crippen LogP contribution in [0.25, 0.3) is 0 Å². The van der Waals surface area contributed by atoms with E-state index in [2.05, 4.69) is 5.32 Å². The summed E-state index contributed by atoms with van der Waals surface area (Å²) < 4.78 is 5.51. The topological polar surface area (TPSA) is 61.7 Å². The number of ether oxygens (including phenoxy) is 1. The zero-order chi connectivity index (χ0) is 15.1. The molecule has 1 aliphatic rings. The fraction of sp³-hybridized carbons (Fsp3) is 0.625. The van der Waals surface area contributed by atoms with Gasteiger partial charge in [0.15, 0.2) is 0 Å². The third kappa shape index (κ3) is 6.32. The van der Waals surface area contributed by atoms with Crippen molar-refractivity contribution in [2.45, 2.75) is 50.5 Å². The van der Waals surface area contributed by atoms with Gasteiger partial charge < -0.3 is 20.3 Å². The van der Waals surface area contributed by atoms with Crippen molar-refractivity contribution in [1.29, 1.82) is 0 Å². The van der Waals surface area contributed by atoms with Crippen LogP contribution >= 0.6 is 11.6 Å². The summed E-state index contributed by atoms with van der Waals surface area (Å²) in [5, 5.41) is 23.4. The molecule has 118 valence electrons. The summed E-state index contributed by atoms with van der Waals surface area (Å²) >= 11 is 5.82. The molecule has 1 fully saturated rings. The van der Waals surface area contributed by atoms with Crippen LogP contribution in [0.3, 0.4) is 0 Å². The lowest BCUT2D eigenvalue weighted by atomic mass is 9.93. The molecule has 0 heterocycles. The van der Waals surface area contributed by atoms with Gasteiger partial charge in [0.05, 0.1) is 25.4 Å². The van der Waals surface area contributed by atoms with Crippen molar-refractivity contribution >= 4 is 11.6 Å². The van der Waals surface area contributed by atoms with Gasteiger partial charge in [-0.15, -0.1) is 0 Å². The summed E-state index contributed by atoms with van der Waals surface area (Å²) in [6.07, 6.45) is 2.99. The molecule has 2 rings (SSSR count). The van der Waals surface area contributed by atoms with Crippen LogP contribution in [-0.2, 0) is 11.3 Å². The zero-order valence-electron chi connectivity index (χ0n) is 12.2. The number of hydrogen-bond acceptors (Lipinski definition) is 4. The lowest BCUT2D eigenvalue weighted by molar-refractivity contribution is 0.0258. The molecular formula is C16H24ClNO3. The summed E-state index contributed by atoms with van der Waals surface area (Å²) in [6, 6.07) is 7.89. The smallest absolute Gasteiger partial charge is 0.0897 e. The predicted octanol–water partition coefficient (Wildman–Crippen LogP) is 2.11. The Morgan fingerprint density at radius 3 is 2.52 bits per heavy atom. The molecule has 0 amide bonds. The predicted molar refractivity (Wildman–Crippen MR) is 83.4 cm³/mol. The van der Waals surface area contributed by atoms with Crippen molar-refractivity contribution in [3.8, 4) is 0 Å². The minimum absolute atomic E-state index is 0.143. The molecule has 4 nitrogen and oxygen atoms in total. The molecular weight excluding hydrogens is 290 g/mol. The third-order valence-electron chi connectivity index (χ3n) is 3.83. The van der Waals surface area contributed by atoms with Crippen LogP contribution in [0.4, 0.5) is 0 Å². The summed E-state index contributed by atoms with van der Waals surface area (Å²) in [4.78, 5) is 0. The number of hydrogen-bond donors (Lipinski definition) is 3. The van der Waals surface area contributed by atoms with E-state index in [0.717, 1.165) is 31.2 Å². The SMILES string of the molecule is OC1CCC(NCC(O)COCc2ccc(Cl)cc2)CC1. The number of aliphatic hydroxyl groups is 2. The van der Waals surface area contributed by atoms with E-state index in [4.69, 9.17) is 16.3 Å². The maximum absolute atomic E-state index is 9.90. The summed E-state index contributed by atoms with van der Waals surface area (Å²) in [6.45, 7) is 1.32. The van der Waals surface area contributed by atoms with Gasteiger partial charge in [-0.25, -0.2) is 0 Å². The Hall–Kier alpha value is -0.650. The first-order chi connectivity index (χ1) is 10.1. The van der Waals surface area contributed by atoms with Crippen LogP contribution in [0.5, 0.6) is 0 Å². The first-order valence-electron chi connectivity index (χ1n) is 7.55. The minimum atomic E-state index is -0.510. The Bertz CT molecular complexity index is 404. The molecule has 0 saturated heterocycles. The second-order valence-corrected chi connectivity index (χ2v) is 6.15. The lowest BCUT2D eigenvalue weighted by Crippen LogP contribution is -2.40. The lowest BCUT2D eigenvalue weighted by Gasteiger charge is -2.27. The zero-order valence-corrected chi connectivity index (χ0v) is 12.9. The van der Waals surface area contributed by atoms with Crippen LogP contribution in [0, 0.1) is 0 Å². The van der Waals surface area contributed by atoms with Gasteiger partial charge in [-0.05, 0) is 43.4 Å². The Balaban J connectivity index is 1.57. The molecule has 1 saturated carbocycles. The monoisotopic (exact) mass is 313 g/mol. The number of benzene rings is 1. The molecule has 1 unspecified atom stereocenters. The molecule has 0 aromatic heterocycles. The van der Waals surface area contributed by atoms with Crippen molar-refractivity contribution in [3.05, 3.63) is 34.9 Å². The van der Waals surface area contributed by atoms with Crippen molar-refractivity contribution in [2.24, 2.45) is 0 Å². The Kier molecular flexibility index (Phi) is 6.93. The Labute approximate surface area is 131 Å². The number of halogens is 1. The normalized spacial score (nSPS) is 24.0. The maximum Gasteiger partial charge on any atom is 0.0897 e. The van der Waals surface area contributed by atoms with Gasteiger partial charge in [-0.2, -0.15) is 0 Å². The highest BCUT2D eigenvalue weighted by Crippen LogP contribution is 2.18. The van der Waals surface area contributed by atoms with Gasteiger partial charge >= 0.3 is 0 Å². The fourth-order valence-corrected chi connectivity index (χ4v) is 2.66. The molecule has 0 bridgehead atoms. The van der Waals surface area contributed by atoms with Gasteiger partial charge in [0.25, 0.3) is 0 Å². The average Bonchev–Trinajstić information content (AvgIpc) is 2.49. The Morgan fingerprint density at radius 1 is 1.19 bits per heavy atom. The van der Waals surface area contributed by atoms with Crippen LogP contribution < -0.4 is 5.32 Å². The molecule has 5 heteroatoms. The van der Waals surface area contributed by atoms with Crippen LogP contribution in [-0.4, -0.2) is 41.6 Å². The van der Waals surface area contributed by atoms with E-state index in [1.54, 1.807) is 0 Å². The van der Waals surface area contributed by atoms with E-state index in [1.165, 1.54) is 0 Å².